The Morgan fingerprint density at radius 1 is 1.10 bits per heavy atom. The average molecular weight is 276 g/mol. The van der Waals surface area contributed by atoms with Gasteiger partial charge in [0.15, 0.2) is 0 Å². The zero-order valence-corrected chi connectivity index (χ0v) is 12.1. The van der Waals surface area contributed by atoms with Crippen LogP contribution in [0.15, 0.2) is 24.3 Å². The SMILES string of the molecule is NC1CC(Cc2ccc(F)cc2)CN(CC2CCC2)C1. The first-order valence-corrected chi connectivity index (χ1v) is 7.91. The van der Waals surface area contributed by atoms with Crippen molar-refractivity contribution in [1.82, 2.24) is 4.90 Å². The number of hydrogen-bond donors (Lipinski definition) is 1. The highest BCUT2D eigenvalue weighted by molar-refractivity contribution is 5.17. The Labute approximate surface area is 121 Å². The number of rotatable bonds is 4. The van der Waals surface area contributed by atoms with E-state index in [2.05, 4.69) is 4.90 Å². The van der Waals surface area contributed by atoms with E-state index in [1.807, 2.05) is 12.1 Å². The number of piperidine rings is 1. The van der Waals surface area contributed by atoms with Crippen LogP contribution in [0, 0.1) is 17.7 Å². The summed E-state index contributed by atoms with van der Waals surface area (Å²) >= 11 is 0. The zero-order chi connectivity index (χ0) is 13.9. The highest BCUT2D eigenvalue weighted by Gasteiger charge is 2.28. The third-order valence-corrected chi connectivity index (χ3v) is 4.82. The first-order chi connectivity index (χ1) is 9.69. The smallest absolute Gasteiger partial charge is 0.123 e. The third-order valence-electron chi connectivity index (χ3n) is 4.82. The molecule has 2 unspecified atom stereocenters. The van der Waals surface area contributed by atoms with Crippen LogP contribution < -0.4 is 5.73 Å². The zero-order valence-electron chi connectivity index (χ0n) is 12.1. The van der Waals surface area contributed by atoms with Crippen molar-refractivity contribution in [2.24, 2.45) is 17.6 Å². The van der Waals surface area contributed by atoms with Gasteiger partial charge in [0, 0.05) is 25.7 Å². The fourth-order valence-electron chi connectivity index (χ4n) is 3.64. The summed E-state index contributed by atoms with van der Waals surface area (Å²) in [6, 6.07) is 7.24. The Morgan fingerprint density at radius 3 is 2.50 bits per heavy atom. The standard InChI is InChI=1S/C17H25FN2/c18-16-6-4-13(5-7-16)8-15-9-17(19)12-20(11-15)10-14-2-1-3-14/h4-7,14-15,17H,1-3,8-12,19H2. The molecule has 3 heteroatoms. The summed E-state index contributed by atoms with van der Waals surface area (Å²) in [4.78, 5) is 2.56. The first kappa shape index (κ1) is 14.0. The van der Waals surface area contributed by atoms with E-state index in [1.165, 1.54) is 31.4 Å². The lowest BCUT2D eigenvalue weighted by Gasteiger charge is -2.40. The van der Waals surface area contributed by atoms with Gasteiger partial charge in [0.1, 0.15) is 5.82 Å². The van der Waals surface area contributed by atoms with Crippen LogP contribution in [0.5, 0.6) is 0 Å². The van der Waals surface area contributed by atoms with E-state index in [0.29, 0.717) is 12.0 Å². The lowest BCUT2D eigenvalue weighted by atomic mass is 9.83. The predicted octanol–water partition coefficient (Wildman–Crippen LogP) is 2.82. The number of benzene rings is 1. The average Bonchev–Trinajstić information content (AvgIpc) is 2.36. The van der Waals surface area contributed by atoms with Crippen molar-refractivity contribution < 1.29 is 4.39 Å². The molecule has 0 radical (unpaired) electrons. The van der Waals surface area contributed by atoms with Crippen molar-refractivity contribution in [3.8, 4) is 0 Å². The lowest BCUT2D eigenvalue weighted by Crippen LogP contribution is -2.49. The van der Waals surface area contributed by atoms with Crippen LogP contribution >= 0.6 is 0 Å². The Balaban J connectivity index is 1.56. The van der Waals surface area contributed by atoms with Gasteiger partial charge in [-0.1, -0.05) is 18.6 Å². The molecular formula is C17H25FN2. The number of nitrogens with two attached hydrogens (primary N) is 1. The summed E-state index contributed by atoms with van der Waals surface area (Å²) in [6.07, 6.45) is 6.32. The minimum atomic E-state index is -0.152. The van der Waals surface area contributed by atoms with Crippen molar-refractivity contribution in [3.05, 3.63) is 35.6 Å². The fourth-order valence-corrected chi connectivity index (χ4v) is 3.64. The van der Waals surface area contributed by atoms with Gasteiger partial charge in [-0.2, -0.15) is 0 Å². The summed E-state index contributed by atoms with van der Waals surface area (Å²) in [5, 5.41) is 0. The monoisotopic (exact) mass is 276 g/mol. The molecule has 1 saturated carbocycles. The Morgan fingerprint density at radius 2 is 1.85 bits per heavy atom. The van der Waals surface area contributed by atoms with Crippen LogP contribution in [-0.2, 0) is 6.42 Å². The van der Waals surface area contributed by atoms with Gasteiger partial charge in [-0.15, -0.1) is 0 Å². The number of hydrogen-bond acceptors (Lipinski definition) is 2. The minimum absolute atomic E-state index is 0.152. The van der Waals surface area contributed by atoms with Gasteiger partial charge in [-0.05, 0) is 55.2 Å². The van der Waals surface area contributed by atoms with Gasteiger partial charge in [0.25, 0.3) is 0 Å². The molecule has 3 rings (SSSR count). The number of likely N-dealkylation sites (tertiary alicyclic amines) is 1. The van der Waals surface area contributed by atoms with E-state index >= 15 is 0 Å². The van der Waals surface area contributed by atoms with E-state index in [4.69, 9.17) is 5.73 Å². The second-order valence-corrected chi connectivity index (χ2v) is 6.71. The van der Waals surface area contributed by atoms with Crippen LogP contribution in [0.4, 0.5) is 4.39 Å². The maximum absolute atomic E-state index is 12.9. The Hall–Kier alpha value is -0.930. The van der Waals surface area contributed by atoms with E-state index in [9.17, 15) is 4.39 Å². The van der Waals surface area contributed by atoms with Crippen molar-refractivity contribution in [3.63, 3.8) is 0 Å². The maximum atomic E-state index is 12.9. The molecule has 1 aromatic rings. The van der Waals surface area contributed by atoms with Crippen molar-refractivity contribution in [1.29, 1.82) is 0 Å². The molecule has 0 amide bonds. The molecule has 0 spiro atoms. The topological polar surface area (TPSA) is 29.3 Å². The quantitative estimate of drug-likeness (QED) is 0.916. The van der Waals surface area contributed by atoms with Crippen molar-refractivity contribution in [2.45, 2.75) is 38.1 Å². The number of nitrogens with zero attached hydrogens (tertiary/aromatic N) is 1. The molecule has 110 valence electrons. The normalized spacial score (nSPS) is 28.3. The highest BCUT2D eigenvalue weighted by atomic mass is 19.1. The van der Waals surface area contributed by atoms with Crippen molar-refractivity contribution in [2.75, 3.05) is 19.6 Å². The minimum Gasteiger partial charge on any atom is -0.327 e. The predicted molar refractivity (Wildman–Crippen MR) is 80.0 cm³/mol. The lowest BCUT2D eigenvalue weighted by molar-refractivity contribution is 0.112. The van der Waals surface area contributed by atoms with E-state index in [1.54, 1.807) is 12.1 Å². The second-order valence-electron chi connectivity index (χ2n) is 6.71. The molecule has 2 N–H and O–H groups in total. The van der Waals surface area contributed by atoms with Gasteiger partial charge < -0.3 is 10.6 Å². The summed E-state index contributed by atoms with van der Waals surface area (Å²) in [6.45, 7) is 3.44. The molecule has 1 saturated heterocycles. The van der Waals surface area contributed by atoms with Gasteiger partial charge in [-0.25, -0.2) is 4.39 Å². The molecule has 1 aliphatic carbocycles. The van der Waals surface area contributed by atoms with E-state index in [-0.39, 0.29) is 5.82 Å². The van der Waals surface area contributed by atoms with Gasteiger partial charge >= 0.3 is 0 Å². The molecule has 0 bridgehead atoms. The van der Waals surface area contributed by atoms with E-state index in [0.717, 1.165) is 31.8 Å². The maximum Gasteiger partial charge on any atom is 0.123 e. The van der Waals surface area contributed by atoms with Gasteiger partial charge in [-0.3, -0.25) is 0 Å². The summed E-state index contributed by atoms with van der Waals surface area (Å²) in [7, 11) is 0. The highest BCUT2D eigenvalue weighted by Crippen LogP contribution is 2.29. The van der Waals surface area contributed by atoms with E-state index < -0.39 is 0 Å². The Kier molecular flexibility index (Phi) is 4.37. The number of halogens is 1. The molecule has 1 aromatic carbocycles. The summed E-state index contributed by atoms with van der Waals surface area (Å²) < 4.78 is 12.9. The van der Waals surface area contributed by atoms with Crippen LogP contribution in [0.25, 0.3) is 0 Å². The van der Waals surface area contributed by atoms with Gasteiger partial charge in [0.2, 0.25) is 0 Å². The van der Waals surface area contributed by atoms with Crippen LogP contribution in [-0.4, -0.2) is 30.6 Å². The van der Waals surface area contributed by atoms with Crippen LogP contribution in [0.2, 0.25) is 0 Å². The Bertz CT molecular complexity index is 427. The molecule has 1 heterocycles. The summed E-state index contributed by atoms with van der Waals surface area (Å²) in [5.41, 5.74) is 7.46. The van der Waals surface area contributed by atoms with Crippen LogP contribution in [0.1, 0.15) is 31.2 Å². The molecule has 2 atom stereocenters. The molecule has 1 aliphatic heterocycles. The fraction of sp³-hybridized carbons (Fsp3) is 0.647. The van der Waals surface area contributed by atoms with Gasteiger partial charge in [0.05, 0.1) is 0 Å². The molecule has 2 nitrogen and oxygen atoms in total. The molecule has 2 aliphatic rings. The van der Waals surface area contributed by atoms with Crippen molar-refractivity contribution >= 4 is 0 Å². The van der Waals surface area contributed by atoms with Crippen LogP contribution in [0.3, 0.4) is 0 Å². The third kappa shape index (κ3) is 3.58. The molecule has 20 heavy (non-hydrogen) atoms. The summed E-state index contributed by atoms with van der Waals surface area (Å²) in [5.74, 6) is 1.37. The second kappa shape index (κ2) is 6.23. The first-order valence-electron chi connectivity index (χ1n) is 7.91. The molecular weight excluding hydrogens is 251 g/mol. The molecule has 2 fully saturated rings. The molecule has 0 aromatic heterocycles. The largest absolute Gasteiger partial charge is 0.327 e.